The standard InChI is InChI=1S/C22H29N5O3/c1-16(2)12-19-15-30-22(29)27(19)18-5-9-25(10-6-18)21(28)14-26-11-7-20(24-26)17-4-3-8-23-13-17/h3-4,7-8,11,13,16,18-19H,5-6,9-10,12,14-15H2,1-2H3/t19-/m1/s1. The molecule has 0 aromatic carbocycles. The first-order valence-corrected chi connectivity index (χ1v) is 10.7. The monoisotopic (exact) mass is 411 g/mol. The fraction of sp³-hybridized carbons (Fsp3) is 0.545. The number of hydrogen-bond donors (Lipinski definition) is 0. The second-order valence-electron chi connectivity index (χ2n) is 8.52. The zero-order valence-electron chi connectivity index (χ0n) is 17.6. The molecule has 160 valence electrons. The Balaban J connectivity index is 1.31. The maximum Gasteiger partial charge on any atom is 0.410 e. The molecule has 2 aromatic heterocycles. The first kappa shape index (κ1) is 20.4. The van der Waals surface area contributed by atoms with Crippen LogP contribution in [0.5, 0.6) is 0 Å². The predicted molar refractivity (Wildman–Crippen MR) is 111 cm³/mol. The van der Waals surface area contributed by atoms with Crippen molar-refractivity contribution in [2.24, 2.45) is 5.92 Å². The number of carbonyl (C=O) groups is 2. The lowest BCUT2D eigenvalue weighted by atomic mass is 9.98. The zero-order chi connectivity index (χ0) is 21.1. The summed E-state index contributed by atoms with van der Waals surface area (Å²) in [7, 11) is 0. The molecule has 0 bridgehead atoms. The Morgan fingerprint density at radius 3 is 2.77 bits per heavy atom. The van der Waals surface area contributed by atoms with Gasteiger partial charge in [-0.1, -0.05) is 13.8 Å². The van der Waals surface area contributed by atoms with Crippen molar-refractivity contribution in [2.45, 2.75) is 51.7 Å². The van der Waals surface area contributed by atoms with E-state index in [9.17, 15) is 9.59 Å². The number of hydrogen-bond acceptors (Lipinski definition) is 5. The fourth-order valence-electron chi connectivity index (χ4n) is 4.39. The van der Waals surface area contributed by atoms with E-state index in [0.717, 1.165) is 30.5 Å². The van der Waals surface area contributed by atoms with E-state index in [4.69, 9.17) is 4.74 Å². The topological polar surface area (TPSA) is 80.6 Å². The van der Waals surface area contributed by atoms with Crippen LogP contribution in [-0.2, 0) is 16.1 Å². The van der Waals surface area contributed by atoms with Crippen LogP contribution in [0.15, 0.2) is 36.8 Å². The van der Waals surface area contributed by atoms with Gasteiger partial charge in [0.05, 0.1) is 11.7 Å². The summed E-state index contributed by atoms with van der Waals surface area (Å²) >= 11 is 0. The molecule has 2 amide bonds. The molecule has 0 spiro atoms. The fourth-order valence-corrected chi connectivity index (χ4v) is 4.39. The summed E-state index contributed by atoms with van der Waals surface area (Å²) in [6.07, 6.45) is 7.62. The zero-order valence-corrected chi connectivity index (χ0v) is 17.6. The Labute approximate surface area is 176 Å². The molecule has 0 radical (unpaired) electrons. The summed E-state index contributed by atoms with van der Waals surface area (Å²) in [5.41, 5.74) is 1.73. The molecule has 2 aliphatic rings. The molecule has 2 aliphatic heterocycles. The van der Waals surface area contributed by atoms with Crippen LogP contribution in [0.25, 0.3) is 11.3 Å². The number of carbonyl (C=O) groups excluding carboxylic acids is 2. The van der Waals surface area contributed by atoms with Gasteiger partial charge in [0, 0.05) is 43.3 Å². The average Bonchev–Trinajstić information content (AvgIpc) is 3.35. The Bertz CT molecular complexity index is 874. The van der Waals surface area contributed by atoms with Gasteiger partial charge in [0.1, 0.15) is 13.2 Å². The van der Waals surface area contributed by atoms with Gasteiger partial charge in [-0.15, -0.1) is 0 Å². The van der Waals surface area contributed by atoms with E-state index in [1.165, 1.54) is 0 Å². The minimum atomic E-state index is -0.204. The molecule has 2 fully saturated rings. The van der Waals surface area contributed by atoms with E-state index in [1.807, 2.05) is 34.2 Å². The highest BCUT2D eigenvalue weighted by Crippen LogP contribution is 2.27. The van der Waals surface area contributed by atoms with E-state index in [2.05, 4.69) is 23.9 Å². The number of amides is 2. The maximum absolute atomic E-state index is 12.8. The SMILES string of the molecule is CC(C)C[C@@H]1COC(=O)N1C1CCN(C(=O)Cn2ccc(-c3cccnc3)n2)CC1. The van der Waals surface area contributed by atoms with Gasteiger partial charge < -0.3 is 9.64 Å². The van der Waals surface area contributed by atoms with Gasteiger partial charge in [-0.25, -0.2) is 4.79 Å². The van der Waals surface area contributed by atoms with Gasteiger partial charge in [0.2, 0.25) is 5.91 Å². The largest absolute Gasteiger partial charge is 0.447 e. The van der Waals surface area contributed by atoms with E-state index < -0.39 is 0 Å². The van der Waals surface area contributed by atoms with E-state index in [0.29, 0.717) is 25.6 Å². The molecule has 4 rings (SSSR count). The predicted octanol–water partition coefficient (Wildman–Crippen LogP) is 2.80. The van der Waals surface area contributed by atoms with Crippen LogP contribution < -0.4 is 0 Å². The molecule has 4 heterocycles. The van der Waals surface area contributed by atoms with Gasteiger partial charge in [0.15, 0.2) is 0 Å². The van der Waals surface area contributed by atoms with Gasteiger partial charge in [-0.2, -0.15) is 5.10 Å². The van der Waals surface area contributed by atoms with Gasteiger partial charge >= 0.3 is 6.09 Å². The van der Waals surface area contributed by atoms with Crippen molar-refractivity contribution in [3.8, 4) is 11.3 Å². The molecular weight excluding hydrogens is 382 g/mol. The molecule has 8 nitrogen and oxygen atoms in total. The molecule has 2 saturated heterocycles. The minimum Gasteiger partial charge on any atom is -0.447 e. The smallest absolute Gasteiger partial charge is 0.410 e. The molecule has 0 N–H and O–H groups in total. The number of aromatic nitrogens is 3. The third-order valence-corrected chi connectivity index (χ3v) is 5.85. The van der Waals surface area contributed by atoms with Crippen LogP contribution in [0, 0.1) is 5.92 Å². The van der Waals surface area contributed by atoms with Gasteiger partial charge in [-0.3, -0.25) is 19.4 Å². The number of rotatable bonds is 6. The molecular formula is C22H29N5O3. The van der Waals surface area contributed by atoms with Crippen molar-refractivity contribution < 1.29 is 14.3 Å². The Hall–Kier alpha value is -2.90. The Morgan fingerprint density at radius 2 is 2.07 bits per heavy atom. The molecule has 0 saturated carbocycles. The summed E-state index contributed by atoms with van der Waals surface area (Å²) in [4.78, 5) is 32.9. The van der Waals surface area contributed by atoms with Crippen molar-refractivity contribution in [1.29, 1.82) is 0 Å². The molecule has 2 aromatic rings. The van der Waals surface area contributed by atoms with Crippen LogP contribution in [0.2, 0.25) is 0 Å². The molecule has 0 aliphatic carbocycles. The molecule has 1 atom stereocenters. The Kier molecular flexibility index (Phi) is 6.01. The average molecular weight is 412 g/mol. The number of pyridine rings is 1. The summed E-state index contributed by atoms with van der Waals surface area (Å²) in [5.74, 6) is 0.566. The summed E-state index contributed by atoms with van der Waals surface area (Å²) in [6, 6.07) is 6.01. The molecule has 30 heavy (non-hydrogen) atoms. The van der Waals surface area contributed by atoms with Crippen molar-refractivity contribution >= 4 is 12.0 Å². The summed E-state index contributed by atoms with van der Waals surface area (Å²) in [6.45, 7) is 6.33. The van der Waals surface area contributed by atoms with E-state index >= 15 is 0 Å². The normalized spacial score (nSPS) is 20.1. The lowest BCUT2D eigenvalue weighted by Crippen LogP contribution is -2.50. The molecule has 8 heteroatoms. The first-order chi connectivity index (χ1) is 14.5. The third kappa shape index (κ3) is 4.47. The van der Waals surface area contributed by atoms with Crippen LogP contribution in [-0.4, -0.2) is 68.3 Å². The van der Waals surface area contributed by atoms with Crippen LogP contribution in [0.1, 0.15) is 33.1 Å². The molecule has 0 unspecified atom stereocenters. The second-order valence-corrected chi connectivity index (χ2v) is 8.52. The number of nitrogens with zero attached hydrogens (tertiary/aromatic N) is 5. The van der Waals surface area contributed by atoms with Gasteiger partial charge in [0.25, 0.3) is 0 Å². The second kappa shape index (κ2) is 8.85. The van der Waals surface area contributed by atoms with Crippen molar-refractivity contribution in [2.75, 3.05) is 19.7 Å². The van der Waals surface area contributed by atoms with Crippen molar-refractivity contribution in [3.05, 3.63) is 36.8 Å². The highest BCUT2D eigenvalue weighted by atomic mass is 16.6. The van der Waals surface area contributed by atoms with Crippen LogP contribution in [0.3, 0.4) is 0 Å². The van der Waals surface area contributed by atoms with E-state index in [-0.39, 0.29) is 30.6 Å². The number of piperidine rings is 1. The number of likely N-dealkylation sites (tertiary alicyclic amines) is 1. The maximum atomic E-state index is 12.8. The lowest BCUT2D eigenvalue weighted by Gasteiger charge is -2.38. The van der Waals surface area contributed by atoms with Gasteiger partial charge in [-0.05, 0) is 43.4 Å². The van der Waals surface area contributed by atoms with Crippen molar-refractivity contribution in [3.63, 3.8) is 0 Å². The minimum absolute atomic E-state index is 0.0528. The lowest BCUT2D eigenvalue weighted by molar-refractivity contribution is -0.133. The van der Waals surface area contributed by atoms with E-state index in [1.54, 1.807) is 17.1 Å². The quantitative estimate of drug-likeness (QED) is 0.730. The third-order valence-electron chi connectivity index (χ3n) is 5.85. The summed E-state index contributed by atoms with van der Waals surface area (Å²) < 4.78 is 6.99. The highest BCUT2D eigenvalue weighted by molar-refractivity contribution is 5.76. The van der Waals surface area contributed by atoms with Crippen molar-refractivity contribution in [1.82, 2.24) is 24.6 Å². The van der Waals surface area contributed by atoms with Crippen LogP contribution >= 0.6 is 0 Å². The van der Waals surface area contributed by atoms with Crippen LogP contribution in [0.4, 0.5) is 4.79 Å². The number of ether oxygens (including phenoxy) is 1. The number of cyclic esters (lactones) is 1. The highest BCUT2D eigenvalue weighted by Gasteiger charge is 2.39. The summed E-state index contributed by atoms with van der Waals surface area (Å²) in [5, 5.41) is 4.50. The Morgan fingerprint density at radius 1 is 1.27 bits per heavy atom. The first-order valence-electron chi connectivity index (χ1n) is 10.7.